The first-order valence-electron chi connectivity index (χ1n) is 5.33. The minimum atomic E-state index is -1.04. The van der Waals surface area contributed by atoms with Crippen LogP contribution in [0.25, 0.3) is 0 Å². The van der Waals surface area contributed by atoms with Crippen molar-refractivity contribution in [3.05, 3.63) is 30.3 Å². The number of carboxylic acid groups (broad SMARTS) is 1. The second-order valence-corrected chi connectivity index (χ2v) is 3.47. The lowest BCUT2D eigenvalue weighted by atomic mass is 10.2. The molecular weight excluding hydrogens is 222 g/mol. The van der Waals surface area contributed by atoms with E-state index in [1.807, 2.05) is 6.07 Å². The van der Waals surface area contributed by atoms with Crippen LogP contribution in [-0.4, -0.2) is 29.6 Å². The smallest absolute Gasteiger partial charge is 0.326 e. The minimum absolute atomic E-state index is 0.187. The van der Waals surface area contributed by atoms with Gasteiger partial charge >= 0.3 is 5.97 Å². The topological polar surface area (TPSA) is 75.6 Å². The zero-order chi connectivity index (χ0) is 12.7. The summed E-state index contributed by atoms with van der Waals surface area (Å²) in [5.41, 5.74) is 0. The second kappa shape index (κ2) is 6.52. The van der Waals surface area contributed by atoms with E-state index in [2.05, 4.69) is 5.32 Å². The van der Waals surface area contributed by atoms with Gasteiger partial charge in [0.2, 0.25) is 0 Å². The molecule has 0 saturated heterocycles. The summed E-state index contributed by atoms with van der Waals surface area (Å²) in [4.78, 5) is 22.1. The molecule has 17 heavy (non-hydrogen) atoms. The van der Waals surface area contributed by atoms with Gasteiger partial charge in [0.15, 0.2) is 6.61 Å². The van der Waals surface area contributed by atoms with Gasteiger partial charge in [0.1, 0.15) is 11.8 Å². The highest BCUT2D eigenvalue weighted by Gasteiger charge is 2.17. The van der Waals surface area contributed by atoms with Crippen LogP contribution in [0.2, 0.25) is 0 Å². The van der Waals surface area contributed by atoms with E-state index in [0.717, 1.165) is 0 Å². The quantitative estimate of drug-likeness (QED) is 0.775. The molecular formula is C12H15NO4. The van der Waals surface area contributed by atoms with Gasteiger partial charge in [-0.2, -0.15) is 0 Å². The van der Waals surface area contributed by atoms with Crippen molar-refractivity contribution in [2.24, 2.45) is 0 Å². The Morgan fingerprint density at radius 1 is 1.35 bits per heavy atom. The lowest BCUT2D eigenvalue weighted by Crippen LogP contribution is -2.42. The lowest BCUT2D eigenvalue weighted by molar-refractivity contribution is -0.142. The van der Waals surface area contributed by atoms with E-state index in [0.29, 0.717) is 12.2 Å². The largest absolute Gasteiger partial charge is 0.484 e. The molecule has 0 spiro atoms. The van der Waals surface area contributed by atoms with Gasteiger partial charge in [-0.25, -0.2) is 4.79 Å². The molecule has 1 aromatic carbocycles. The van der Waals surface area contributed by atoms with E-state index in [4.69, 9.17) is 9.84 Å². The van der Waals surface area contributed by atoms with E-state index >= 15 is 0 Å². The summed E-state index contributed by atoms with van der Waals surface area (Å²) in [5, 5.41) is 11.1. The molecule has 5 heteroatoms. The normalized spacial score (nSPS) is 11.6. The standard InChI is InChI=1S/C12H15NO4/c1-2-10(12(15)16)13-11(14)8-17-9-6-4-3-5-7-9/h3-7,10H,2,8H2,1H3,(H,13,14)(H,15,16). The number of benzene rings is 1. The number of aliphatic carboxylic acids is 1. The van der Waals surface area contributed by atoms with Gasteiger partial charge in [0, 0.05) is 0 Å². The Labute approximate surface area is 99.4 Å². The number of carbonyl (C=O) groups excluding carboxylic acids is 1. The summed E-state index contributed by atoms with van der Waals surface area (Å²) in [6.07, 6.45) is 0.340. The van der Waals surface area contributed by atoms with Crippen LogP contribution in [0.3, 0.4) is 0 Å². The fraction of sp³-hybridized carbons (Fsp3) is 0.333. The highest BCUT2D eigenvalue weighted by atomic mass is 16.5. The highest BCUT2D eigenvalue weighted by molar-refractivity contribution is 5.84. The molecule has 2 N–H and O–H groups in total. The summed E-state index contributed by atoms with van der Waals surface area (Å²) in [7, 11) is 0. The molecule has 0 radical (unpaired) electrons. The van der Waals surface area contributed by atoms with E-state index < -0.39 is 17.9 Å². The maximum absolute atomic E-state index is 11.4. The molecule has 0 bridgehead atoms. The van der Waals surface area contributed by atoms with Crippen molar-refractivity contribution in [1.82, 2.24) is 5.32 Å². The molecule has 0 heterocycles. The van der Waals surface area contributed by atoms with Crippen LogP contribution in [0.4, 0.5) is 0 Å². The Balaban J connectivity index is 2.37. The van der Waals surface area contributed by atoms with Gasteiger partial charge in [-0.3, -0.25) is 4.79 Å². The second-order valence-electron chi connectivity index (χ2n) is 3.47. The van der Waals surface area contributed by atoms with E-state index in [-0.39, 0.29) is 6.61 Å². The number of para-hydroxylation sites is 1. The van der Waals surface area contributed by atoms with Gasteiger partial charge in [-0.05, 0) is 18.6 Å². The van der Waals surface area contributed by atoms with Gasteiger partial charge in [-0.1, -0.05) is 25.1 Å². The Kier molecular flexibility index (Phi) is 5.00. The summed E-state index contributed by atoms with van der Waals surface area (Å²) in [5.74, 6) is -0.908. The Morgan fingerprint density at radius 3 is 2.53 bits per heavy atom. The van der Waals surface area contributed by atoms with Crippen LogP contribution in [0, 0.1) is 0 Å². The zero-order valence-corrected chi connectivity index (χ0v) is 9.55. The number of nitrogens with one attached hydrogen (secondary N) is 1. The number of hydrogen-bond acceptors (Lipinski definition) is 3. The average Bonchev–Trinajstić information content (AvgIpc) is 2.34. The van der Waals surface area contributed by atoms with Crippen LogP contribution < -0.4 is 10.1 Å². The average molecular weight is 237 g/mol. The molecule has 1 rings (SSSR count). The van der Waals surface area contributed by atoms with Crippen molar-refractivity contribution in [3.8, 4) is 5.75 Å². The summed E-state index contributed by atoms with van der Waals surface area (Å²) in [6, 6.07) is 8.01. The molecule has 0 aliphatic rings. The number of amides is 1. The number of carbonyl (C=O) groups is 2. The molecule has 0 aromatic heterocycles. The van der Waals surface area contributed by atoms with Crippen LogP contribution >= 0.6 is 0 Å². The van der Waals surface area contributed by atoms with Crippen molar-refractivity contribution in [1.29, 1.82) is 0 Å². The maximum Gasteiger partial charge on any atom is 0.326 e. The molecule has 0 saturated carbocycles. The third kappa shape index (κ3) is 4.55. The first-order chi connectivity index (χ1) is 8.13. The molecule has 5 nitrogen and oxygen atoms in total. The summed E-state index contributed by atoms with van der Waals surface area (Å²) in [6.45, 7) is 1.50. The third-order valence-corrected chi connectivity index (χ3v) is 2.15. The van der Waals surface area contributed by atoms with Gasteiger partial charge in [-0.15, -0.1) is 0 Å². The minimum Gasteiger partial charge on any atom is -0.484 e. The van der Waals surface area contributed by atoms with Gasteiger partial charge in [0.25, 0.3) is 5.91 Å². The summed E-state index contributed by atoms with van der Waals surface area (Å²) < 4.78 is 5.19. The molecule has 0 aliphatic heterocycles. The molecule has 0 fully saturated rings. The van der Waals surface area contributed by atoms with E-state index in [1.54, 1.807) is 31.2 Å². The fourth-order valence-corrected chi connectivity index (χ4v) is 1.24. The highest BCUT2D eigenvalue weighted by Crippen LogP contribution is 2.07. The predicted octanol–water partition coefficient (Wildman–Crippen LogP) is 1.04. The van der Waals surface area contributed by atoms with E-state index in [9.17, 15) is 9.59 Å². The molecule has 1 unspecified atom stereocenters. The molecule has 1 amide bonds. The predicted molar refractivity (Wildman–Crippen MR) is 61.8 cm³/mol. The lowest BCUT2D eigenvalue weighted by Gasteiger charge is -2.12. The van der Waals surface area contributed by atoms with Crippen molar-refractivity contribution < 1.29 is 19.4 Å². The molecule has 92 valence electrons. The first-order valence-corrected chi connectivity index (χ1v) is 5.33. The van der Waals surface area contributed by atoms with Gasteiger partial charge < -0.3 is 15.2 Å². The maximum atomic E-state index is 11.4. The van der Waals surface area contributed by atoms with E-state index in [1.165, 1.54) is 0 Å². The first kappa shape index (κ1) is 13.0. The zero-order valence-electron chi connectivity index (χ0n) is 9.55. The van der Waals surface area contributed by atoms with Crippen LogP contribution in [-0.2, 0) is 9.59 Å². The molecule has 1 aromatic rings. The summed E-state index contributed by atoms with van der Waals surface area (Å²) >= 11 is 0. The third-order valence-electron chi connectivity index (χ3n) is 2.15. The van der Waals surface area contributed by atoms with Crippen molar-refractivity contribution in [2.45, 2.75) is 19.4 Å². The number of rotatable bonds is 6. The number of hydrogen-bond donors (Lipinski definition) is 2. The van der Waals surface area contributed by atoms with Crippen LogP contribution in [0.5, 0.6) is 5.75 Å². The Hall–Kier alpha value is -2.04. The van der Waals surface area contributed by atoms with Crippen LogP contribution in [0.15, 0.2) is 30.3 Å². The molecule has 1 atom stereocenters. The number of ether oxygens (including phenoxy) is 1. The Morgan fingerprint density at radius 2 is 2.00 bits per heavy atom. The Bertz CT molecular complexity index is 377. The number of carboxylic acids is 1. The van der Waals surface area contributed by atoms with Crippen molar-refractivity contribution in [3.63, 3.8) is 0 Å². The van der Waals surface area contributed by atoms with Crippen molar-refractivity contribution >= 4 is 11.9 Å². The monoisotopic (exact) mass is 237 g/mol. The van der Waals surface area contributed by atoms with Gasteiger partial charge in [0.05, 0.1) is 0 Å². The SMILES string of the molecule is CCC(NC(=O)COc1ccccc1)C(=O)O. The fourth-order valence-electron chi connectivity index (χ4n) is 1.24. The van der Waals surface area contributed by atoms with Crippen molar-refractivity contribution in [2.75, 3.05) is 6.61 Å². The molecule has 0 aliphatic carbocycles. The van der Waals surface area contributed by atoms with Crippen LogP contribution in [0.1, 0.15) is 13.3 Å².